The second kappa shape index (κ2) is 7.45. The number of hydrogen-bond acceptors (Lipinski definition) is 4. The molecule has 20 heavy (non-hydrogen) atoms. The summed E-state index contributed by atoms with van der Waals surface area (Å²) in [6.45, 7) is 3.54. The maximum Gasteiger partial charge on any atom is 0.324 e. The van der Waals surface area contributed by atoms with Crippen molar-refractivity contribution in [3.63, 3.8) is 0 Å². The molecule has 0 spiro atoms. The average Bonchev–Trinajstić information content (AvgIpc) is 2.44. The molecule has 1 atom stereocenters. The SMILES string of the molecule is C=CCOC(=O)CCC(N)(Cc1ccccc1)C(=O)O. The highest BCUT2D eigenvalue weighted by molar-refractivity contribution is 5.80. The van der Waals surface area contributed by atoms with E-state index in [2.05, 4.69) is 6.58 Å². The molecule has 0 aliphatic carbocycles. The molecule has 108 valence electrons. The Kier molecular flexibility index (Phi) is 5.93. The third-order valence-corrected chi connectivity index (χ3v) is 2.93. The van der Waals surface area contributed by atoms with Gasteiger partial charge in [-0.05, 0) is 12.0 Å². The minimum Gasteiger partial charge on any atom is -0.480 e. The molecule has 0 amide bonds. The standard InChI is InChI=1S/C15H19NO4/c1-2-10-20-13(17)8-9-15(16,14(18)19)11-12-6-4-3-5-7-12/h2-7H,1,8-11,16H2,(H,18,19). The van der Waals surface area contributed by atoms with Gasteiger partial charge in [-0.25, -0.2) is 0 Å². The molecule has 0 bridgehead atoms. The van der Waals surface area contributed by atoms with E-state index in [0.29, 0.717) is 0 Å². The Morgan fingerprint density at radius 2 is 2.00 bits per heavy atom. The zero-order valence-corrected chi connectivity index (χ0v) is 11.2. The lowest BCUT2D eigenvalue weighted by atomic mass is 9.87. The molecule has 1 unspecified atom stereocenters. The van der Waals surface area contributed by atoms with Gasteiger partial charge in [-0.3, -0.25) is 9.59 Å². The summed E-state index contributed by atoms with van der Waals surface area (Å²) in [5, 5.41) is 9.29. The molecule has 1 aromatic carbocycles. The van der Waals surface area contributed by atoms with E-state index in [0.717, 1.165) is 5.56 Å². The fourth-order valence-corrected chi connectivity index (χ4v) is 1.78. The van der Waals surface area contributed by atoms with E-state index in [4.69, 9.17) is 10.5 Å². The smallest absolute Gasteiger partial charge is 0.324 e. The second-order valence-corrected chi connectivity index (χ2v) is 4.60. The van der Waals surface area contributed by atoms with Crippen LogP contribution in [0.3, 0.4) is 0 Å². The number of ether oxygens (including phenoxy) is 1. The zero-order chi connectivity index (χ0) is 15.0. The van der Waals surface area contributed by atoms with Crippen LogP contribution in [0, 0.1) is 0 Å². The number of benzene rings is 1. The van der Waals surface area contributed by atoms with Crippen LogP contribution < -0.4 is 5.73 Å². The van der Waals surface area contributed by atoms with Crippen LogP contribution in [-0.4, -0.2) is 29.2 Å². The Balaban J connectivity index is 2.65. The predicted octanol–water partition coefficient (Wildman–Crippen LogP) is 1.52. The molecule has 0 saturated carbocycles. The second-order valence-electron chi connectivity index (χ2n) is 4.60. The van der Waals surface area contributed by atoms with Gasteiger partial charge in [0.15, 0.2) is 0 Å². The van der Waals surface area contributed by atoms with E-state index < -0.39 is 17.5 Å². The lowest BCUT2D eigenvalue weighted by molar-refractivity contribution is -0.146. The molecule has 0 heterocycles. The van der Waals surface area contributed by atoms with Crippen molar-refractivity contribution in [1.82, 2.24) is 0 Å². The van der Waals surface area contributed by atoms with Gasteiger partial charge >= 0.3 is 11.9 Å². The van der Waals surface area contributed by atoms with Crippen molar-refractivity contribution in [3.8, 4) is 0 Å². The van der Waals surface area contributed by atoms with Crippen molar-refractivity contribution in [3.05, 3.63) is 48.6 Å². The van der Waals surface area contributed by atoms with Crippen LogP contribution in [0.2, 0.25) is 0 Å². The molecule has 0 fully saturated rings. The van der Waals surface area contributed by atoms with Crippen molar-refractivity contribution in [1.29, 1.82) is 0 Å². The van der Waals surface area contributed by atoms with Gasteiger partial charge in [0.05, 0.1) is 0 Å². The summed E-state index contributed by atoms with van der Waals surface area (Å²) in [5.41, 5.74) is 5.26. The van der Waals surface area contributed by atoms with Crippen molar-refractivity contribution in [2.75, 3.05) is 6.61 Å². The third-order valence-electron chi connectivity index (χ3n) is 2.93. The molecule has 0 aliphatic rings. The molecule has 0 aromatic heterocycles. The van der Waals surface area contributed by atoms with Crippen LogP contribution in [0.5, 0.6) is 0 Å². The number of hydrogen-bond donors (Lipinski definition) is 2. The Bertz CT molecular complexity index is 472. The summed E-state index contributed by atoms with van der Waals surface area (Å²) >= 11 is 0. The van der Waals surface area contributed by atoms with Crippen molar-refractivity contribution in [2.45, 2.75) is 24.8 Å². The summed E-state index contributed by atoms with van der Waals surface area (Å²) in [6.07, 6.45) is 1.60. The van der Waals surface area contributed by atoms with E-state index in [1.807, 2.05) is 18.2 Å². The highest BCUT2D eigenvalue weighted by Gasteiger charge is 2.34. The predicted molar refractivity (Wildman–Crippen MR) is 75.1 cm³/mol. The largest absolute Gasteiger partial charge is 0.480 e. The molecule has 5 heteroatoms. The first-order valence-corrected chi connectivity index (χ1v) is 6.30. The monoisotopic (exact) mass is 277 g/mol. The van der Waals surface area contributed by atoms with Gasteiger partial charge in [-0.1, -0.05) is 43.0 Å². The zero-order valence-electron chi connectivity index (χ0n) is 11.2. The molecular formula is C15H19NO4. The number of carbonyl (C=O) groups excluding carboxylic acids is 1. The lowest BCUT2D eigenvalue weighted by Gasteiger charge is -2.24. The van der Waals surface area contributed by atoms with E-state index in [9.17, 15) is 14.7 Å². The maximum absolute atomic E-state index is 11.4. The van der Waals surface area contributed by atoms with Gasteiger partial charge in [0.1, 0.15) is 12.1 Å². The Labute approximate surface area is 118 Å². The molecule has 0 saturated heterocycles. The summed E-state index contributed by atoms with van der Waals surface area (Å²) in [5.74, 6) is -1.60. The molecule has 0 radical (unpaired) electrons. The van der Waals surface area contributed by atoms with Crippen LogP contribution in [-0.2, 0) is 20.7 Å². The van der Waals surface area contributed by atoms with Gasteiger partial charge in [-0.2, -0.15) is 0 Å². The first-order valence-electron chi connectivity index (χ1n) is 6.30. The van der Waals surface area contributed by atoms with Crippen LogP contribution in [0.15, 0.2) is 43.0 Å². The van der Waals surface area contributed by atoms with Crippen molar-refractivity contribution >= 4 is 11.9 Å². The number of carboxylic acid groups (broad SMARTS) is 1. The third kappa shape index (κ3) is 4.85. The number of aliphatic carboxylic acids is 1. The van der Waals surface area contributed by atoms with Gasteiger partial charge in [0, 0.05) is 12.8 Å². The summed E-state index contributed by atoms with van der Waals surface area (Å²) < 4.78 is 4.81. The maximum atomic E-state index is 11.4. The van der Waals surface area contributed by atoms with E-state index >= 15 is 0 Å². The summed E-state index contributed by atoms with van der Waals surface area (Å²) in [7, 11) is 0. The minimum absolute atomic E-state index is 0.0210. The molecule has 3 N–H and O–H groups in total. The van der Waals surface area contributed by atoms with E-state index in [1.165, 1.54) is 6.08 Å². The first kappa shape index (κ1) is 15.9. The topological polar surface area (TPSA) is 89.6 Å². The average molecular weight is 277 g/mol. The Hall–Kier alpha value is -2.14. The quantitative estimate of drug-likeness (QED) is 0.555. The number of esters is 1. The molecular weight excluding hydrogens is 258 g/mol. The molecule has 1 aromatic rings. The van der Waals surface area contributed by atoms with Gasteiger partial charge < -0.3 is 15.6 Å². The Morgan fingerprint density at radius 3 is 2.55 bits per heavy atom. The fourth-order valence-electron chi connectivity index (χ4n) is 1.78. The van der Waals surface area contributed by atoms with Gasteiger partial charge in [0.2, 0.25) is 0 Å². The van der Waals surface area contributed by atoms with Gasteiger partial charge in [-0.15, -0.1) is 0 Å². The molecule has 5 nitrogen and oxygen atoms in total. The highest BCUT2D eigenvalue weighted by atomic mass is 16.5. The lowest BCUT2D eigenvalue weighted by Crippen LogP contribution is -2.50. The number of nitrogens with two attached hydrogens (primary N) is 1. The normalized spacial score (nSPS) is 13.2. The Morgan fingerprint density at radius 1 is 1.35 bits per heavy atom. The van der Waals surface area contributed by atoms with Crippen LogP contribution in [0.4, 0.5) is 0 Å². The molecule has 1 rings (SSSR count). The number of carboxylic acids is 1. The molecule has 0 aliphatic heterocycles. The van der Waals surface area contributed by atoms with Crippen LogP contribution >= 0.6 is 0 Å². The number of carbonyl (C=O) groups is 2. The van der Waals surface area contributed by atoms with Crippen LogP contribution in [0.25, 0.3) is 0 Å². The first-order chi connectivity index (χ1) is 9.48. The highest BCUT2D eigenvalue weighted by Crippen LogP contribution is 2.17. The van der Waals surface area contributed by atoms with E-state index in [1.54, 1.807) is 12.1 Å². The fraction of sp³-hybridized carbons (Fsp3) is 0.333. The minimum atomic E-state index is -1.48. The number of rotatable bonds is 8. The van der Waals surface area contributed by atoms with E-state index in [-0.39, 0.29) is 25.9 Å². The van der Waals surface area contributed by atoms with Gasteiger partial charge in [0.25, 0.3) is 0 Å². The van der Waals surface area contributed by atoms with Crippen molar-refractivity contribution in [2.24, 2.45) is 5.73 Å². The summed E-state index contributed by atoms with van der Waals surface area (Å²) in [4.78, 5) is 22.8. The van der Waals surface area contributed by atoms with Crippen molar-refractivity contribution < 1.29 is 19.4 Å². The summed E-state index contributed by atoms with van der Waals surface area (Å²) in [6, 6.07) is 9.09. The van der Waals surface area contributed by atoms with Crippen LogP contribution in [0.1, 0.15) is 18.4 Å².